The maximum absolute atomic E-state index is 2.52. The number of nitrogens with zero attached hydrogens (tertiary/aromatic N) is 1. The minimum Gasteiger partial charge on any atom is -0.345 e. The highest BCUT2D eigenvalue weighted by Crippen LogP contribution is 2.32. The Morgan fingerprint density at radius 1 is 1.12 bits per heavy atom. The Bertz CT molecular complexity index is 420. The van der Waals surface area contributed by atoms with Crippen LogP contribution in [0.25, 0.3) is 0 Å². The van der Waals surface area contributed by atoms with E-state index in [1.165, 1.54) is 47.5 Å². The van der Waals surface area contributed by atoms with E-state index in [2.05, 4.69) is 50.8 Å². The summed E-state index contributed by atoms with van der Waals surface area (Å²) in [5.41, 5.74) is 7.10. The van der Waals surface area contributed by atoms with Gasteiger partial charge in [-0.1, -0.05) is 30.7 Å². The fourth-order valence-electron chi connectivity index (χ4n) is 2.96. The Morgan fingerprint density at radius 3 is 2.35 bits per heavy atom. The molecule has 0 spiro atoms. The van der Waals surface area contributed by atoms with E-state index in [0.717, 1.165) is 6.42 Å². The summed E-state index contributed by atoms with van der Waals surface area (Å²) in [7, 11) is 0. The minimum absolute atomic E-state index is 1.13. The third-order valence-corrected chi connectivity index (χ3v) is 3.58. The summed E-state index contributed by atoms with van der Waals surface area (Å²) in [5.74, 6) is 0. The lowest BCUT2D eigenvalue weighted by Gasteiger charge is -2.33. The quantitative estimate of drug-likeness (QED) is 0.721. The highest BCUT2D eigenvalue weighted by atomic mass is 15.1. The van der Waals surface area contributed by atoms with Gasteiger partial charge in [0.05, 0.1) is 0 Å². The molecule has 0 atom stereocenters. The van der Waals surface area contributed by atoms with Crippen LogP contribution in [0, 0.1) is 20.8 Å². The molecule has 0 fully saturated rings. The molecule has 1 heteroatoms. The molecule has 1 aromatic carbocycles. The molecule has 0 saturated carbocycles. The zero-order valence-electron chi connectivity index (χ0n) is 11.5. The SMILES string of the molecule is CCC1=CCCCN1c1c(C)cc(C)cc1C. The Labute approximate surface area is 105 Å². The highest BCUT2D eigenvalue weighted by molar-refractivity contribution is 5.63. The normalized spacial score (nSPS) is 16.0. The fourth-order valence-corrected chi connectivity index (χ4v) is 2.96. The van der Waals surface area contributed by atoms with Crippen LogP contribution in [0.5, 0.6) is 0 Å². The lowest BCUT2D eigenvalue weighted by Crippen LogP contribution is -2.27. The summed E-state index contributed by atoms with van der Waals surface area (Å²) >= 11 is 0. The molecule has 0 radical (unpaired) electrons. The van der Waals surface area contributed by atoms with Gasteiger partial charge in [-0.25, -0.2) is 0 Å². The lowest BCUT2D eigenvalue weighted by atomic mass is 10.0. The third kappa shape index (κ3) is 2.38. The van der Waals surface area contributed by atoms with Crippen molar-refractivity contribution in [2.75, 3.05) is 11.4 Å². The fraction of sp³-hybridized carbons (Fsp3) is 0.500. The topological polar surface area (TPSA) is 3.24 Å². The van der Waals surface area contributed by atoms with Crippen molar-refractivity contribution in [3.8, 4) is 0 Å². The molecule has 1 aromatic rings. The number of benzene rings is 1. The van der Waals surface area contributed by atoms with E-state index >= 15 is 0 Å². The Morgan fingerprint density at radius 2 is 1.76 bits per heavy atom. The van der Waals surface area contributed by atoms with E-state index in [1.54, 1.807) is 0 Å². The van der Waals surface area contributed by atoms with Crippen LogP contribution in [0.2, 0.25) is 0 Å². The predicted molar refractivity (Wildman–Crippen MR) is 75.6 cm³/mol. The first-order chi connectivity index (χ1) is 8.13. The molecule has 92 valence electrons. The van der Waals surface area contributed by atoms with Crippen molar-refractivity contribution >= 4 is 5.69 Å². The summed E-state index contributed by atoms with van der Waals surface area (Å²) in [6, 6.07) is 4.59. The first-order valence-corrected chi connectivity index (χ1v) is 6.68. The van der Waals surface area contributed by atoms with Gasteiger partial charge in [-0.15, -0.1) is 0 Å². The second-order valence-corrected chi connectivity index (χ2v) is 5.09. The van der Waals surface area contributed by atoms with Gasteiger partial charge in [0.25, 0.3) is 0 Å². The monoisotopic (exact) mass is 229 g/mol. The lowest BCUT2D eigenvalue weighted by molar-refractivity contribution is 0.729. The number of rotatable bonds is 2. The number of hydrogen-bond acceptors (Lipinski definition) is 1. The molecule has 0 unspecified atom stereocenters. The minimum atomic E-state index is 1.13. The first-order valence-electron chi connectivity index (χ1n) is 6.68. The Hall–Kier alpha value is -1.24. The van der Waals surface area contributed by atoms with E-state index in [0.29, 0.717) is 0 Å². The number of aryl methyl sites for hydroxylation is 3. The molecule has 1 heterocycles. The highest BCUT2D eigenvalue weighted by Gasteiger charge is 2.17. The van der Waals surface area contributed by atoms with Crippen molar-refractivity contribution in [1.82, 2.24) is 0 Å². The van der Waals surface area contributed by atoms with Gasteiger partial charge in [-0.3, -0.25) is 0 Å². The maximum atomic E-state index is 2.52. The van der Waals surface area contributed by atoms with Crippen LogP contribution in [-0.2, 0) is 0 Å². The van der Waals surface area contributed by atoms with Crippen LogP contribution in [0.1, 0.15) is 42.9 Å². The number of hydrogen-bond donors (Lipinski definition) is 0. The summed E-state index contributed by atoms with van der Waals surface area (Å²) in [6.45, 7) is 10.1. The van der Waals surface area contributed by atoms with Crippen molar-refractivity contribution < 1.29 is 0 Å². The smallest absolute Gasteiger partial charge is 0.0467 e. The first kappa shape index (κ1) is 12.2. The summed E-state index contributed by atoms with van der Waals surface area (Å²) in [4.78, 5) is 2.52. The van der Waals surface area contributed by atoms with E-state index in [1.807, 2.05) is 0 Å². The molecule has 1 aliphatic rings. The van der Waals surface area contributed by atoms with Crippen LogP contribution >= 0.6 is 0 Å². The molecule has 1 nitrogen and oxygen atoms in total. The molecular formula is C16H23N. The van der Waals surface area contributed by atoms with Gasteiger partial charge in [0, 0.05) is 17.9 Å². The van der Waals surface area contributed by atoms with Gasteiger partial charge in [-0.2, -0.15) is 0 Å². The summed E-state index contributed by atoms with van der Waals surface area (Å²) in [6.07, 6.45) is 6.05. The molecule has 0 bridgehead atoms. The molecule has 0 aromatic heterocycles. The van der Waals surface area contributed by atoms with Gasteiger partial charge in [0.2, 0.25) is 0 Å². The number of anilines is 1. The van der Waals surface area contributed by atoms with Crippen LogP contribution in [0.15, 0.2) is 23.9 Å². The average Bonchev–Trinajstić information content (AvgIpc) is 2.28. The molecule has 0 saturated heterocycles. The van der Waals surface area contributed by atoms with E-state index < -0.39 is 0 Å². The molecule has 0 aliphatic carbocycles. The second-order valence-electron chi connectivity index (χ2n) is 5.09. The molecule has 0 amide bonds. The maximum Gasteiger partial charge on any atom is 0.0467 e. The van der Waals surface area contributed by atoms with E-state index in [4.69, 9.17) is 0 Å². The van der Waals surface area contributed by atoms with Crippen LogP contribution in [0.4, 0.5) is 5.69 Å². The summed E-state index contributed by atoms with van der Waals surface area (Å²) in [5, 5.41) is 0. The van der Waals surface area contributed by atoms with E-state index in [9.17, 15) is 0 Å². The Kier molecular flexibility index (Phi) is 3.56. The zero-order valence-corrected chi connectivity index (χ0v) is 11.5. The van der Waals surface area contributed by atoms with Crippen LogP contribution in [-0.4, -0.2) is 6.54 Å². The predicted octanol–water partition coefficient (Wildman–Crippen LogP) is 4.51. The third-order valence-electron chi connectivity index (χ3n) is 3.58. The zero-order chi connectivity index (χ0) is 12.4. The van der Waals surface area contributed by atoms with Crippen LogP contribution in [0.3, 0.4) is 0 Å². The van der Waals surface area contributed by atoms with Gasteiger partial charge in [-0.05, 0) is 51.2 Å². The van der Waals surface area contributed by atoms with Gasteiger partial charge < -0.3 is 4.90 Å². The van der Waals surface area contributed by atoms with Gasteiger partial charge in [0.1, 0.15) is 0 Å². The Balaban J connectivity index is 2.46. The standard InChI is InChI=1S/C16H23N/c1-5-15-8-6-7-9-17(15)16-13(3)10-12(2)11-14(16)4/h8,10-11H,5-7,9H2,1-4H3. The molecule has 17 heavy (non-hydrogen) atoms. The van der Waals surface area contributed by atoms with E-state index in [-0.39, 0.29) is 0 Å². The van der Waals surface area contributed by atoms with Gasteiger partial charge in [0.15, 0.2) is 0 Å². The molecule has 2 rings (SSSR count). The largest absolute Gasteiger partial charge is 0.345 e. The van der Waals surface area contributed by atoms with Crippen LogP contribution < -0.4 is 4.90 Å². The van der Waals surface area contributed by atoms with Crippen molar-refractivity contribution in [3.05, 3.63) is 40.6 Å². The molecule has 1 aliphatic heterocycles. The molecular weight excluding hydrogens is 206 g/mol. The molecule has 0 N–H and O–H groups in total. The van der Waals surface area contributed by atoms with Crippen molar-refractivity contribution in [1.29, 1.82) is 0 Å². The average molecular weight is 229 g/mol. The van der Waals surface area contributed by atoms with Crippen molar-refractivity contribution in [3.63, 3.8) is 0 Å². The second kappa shape index (κ2) is 4.95. The number of allylic oxidation sites excluding steroid dienone is 2. The van der Waals surface area contributed by atoms with Crippen molar-refractivity contribution in [2.24, 2.45) is 0 Å². The summed E-state index contributed by atoms with van der Waals surface area (Å²) < 4.78 is 0. The van der Waals surface area contributed by atoms with Gasteiger partial charge >= 0.3 is 0 Å². The van der Waals surface area contributed by atoms with Crippen molar-refractivity contribution in [2.45, 2.75) is 47.0 Å².